The molecular weight excluding hydrogens is 268 g/mol. The van der Waals surface area contributed by atoms with Crippen LogP contribution in [0.25, 0.3) is 0 Å². The summed E-state index contributed by atoms with van der Waals surface area (Å²) in [5.74, 6) is -1.99. The number of aryl methyl sites for hydroxylation is 1. The molecule has 6 nitrogen and oxygen atoms in total. The lowest BCUT2D eigenvalue weighted by Gasteiger charge is -2.06. The molecule has 2 rings (SSSR count). The van der Waals surface area contributed by atoms with E-state index < -0.39 is 17.5 Å². The zero-order valence-electron chi connectivity index (χ0n) is 10.7. The number of hydrogen-bond acceptors (Lipinski definition) is 4. The van der Waals surface area contributed by atoms with E-state index in [-0.39, 0.29) is 16.9 Å². The number of halogens is 2. The lowest BCUT2D eigenvalue weighted by atomic mass is 10.2. The number of rotatable bonds is 4. The first kappa shape index (κ1) is 14.1. The van der Waals surface area contributed by atoms with Gasteiger partial charge >= 0.3 is 0 Å². The van der Waals surface area contributed by atoms with Crippen LogP contribution in [0.2, 0.25) is 0 Å². The molecule has 0 atom stereocenters. The second-order valence-electron chi connectivity index (χ2n) is 4.19. The topological polar surface area (TPSA) is 85.8 Å². The van der Waals surface area contributed by atoms with Crippen molar-refractivity contribution in [2.75, 3.05) is 11.9 Å². The molecule has 1 aromatic carbocycles. The molecule has 0 aliphatic heterocycles. The summed E-state index contributed by atoms with van der Waals surface area (Å²) in [7, 11) is 0. The molecule has 0 bridgehead atoms. The van der Waals surface area contributed by atoms with Crippen LogP contribution in [-0.4, -0.2) is 27.4 Å². The Labute approximate surface area is 113 Å². The van der Waals surface area contributed by atoms with Gasteiger partial charge in [0.25, 0.3) is 5.91 Å². The maximum Gasteiger partial charge on any atom is 0.277 e. The lowest BCUT2D eigenvalue weighted by molar-refractivity contribution is 0.102. The number of nitrogens with two attached hydrogens (primary N) is 1. The highest BCUT2D eigenvalue weighted by atomic mass is 19.1. The highest BCUT2D eigenvalue weighted by Crippen LogP contribution is 2.19. The van der Waals surface area contributed by atoms with Gasteiger partial charge in [0.1, 0.15) is 11.6 Å². The van der Waals surface area contributed by atoms with Gasteiger partial charge in [0.15, 0.2) is 5.69 Å². The first-order valence-corrected chi connectivity index (χ1v) is 5.88. The van der Waals surface area contributed by atoms with Crippen molar-refractivity contribution in [3.8, 4) is 0 Å². The largest absolute Gasteiger partial charge is 0.329 e. The van der Waals surface area contributed by atoms with Crippen LogP contribution in [0.3, 0.4) is 0 Å². The summed E-state index contributed by atoms with van der Waals surface area (Å²) in [5.41, 5.74) is 5.26. The van der Waals surface area contributed by atoms with E-state index in [1.54, 1.807) is 0 Å². The normalized spacial score (nSPS) is 10.6. The number of hydrogen-bond donors (Lipinski definition) is 2. The predicted octanol–water partition coefficient (Wildman–Crippen LogP) is 1.08. The fraction of sp³-hybridized carbons (Fsp3) is 0.250. The molecule has 0 unspecified atom stereocenters. The molecule has 106 valence electrons. The third kappa shape index (κ3) is 2.97. The van der Waals surface area contributed by atoms with Gasteiger partial charge in [-0.05, 0) is 18.6 Å². The second kappa shape index (κ2) is 5.74. The number of aromatic nitrogens is 3. The van der Waals surface area contributed by atoms with Crippen LogP contribution in [0.15, 0.2) is 18.3 Å². The van der Waals surface area contributed by atoms with E-state index in [2.05, 4.69) is 15.6 Å². The molecule has 3 N–H and O–H groups in total. The van der Waals surface area contributed by atoms with Crippen molar-refractivity contribution in [3.05, 3.63) is 41.2 Å². The van der Waals surface area contributed by atoms with E-state index in [4.69, 9.17) is 5.73 Å². The Morgan fingerprint density at radius 2 is 2.15 bits per heavy atom. The zero-order chi connectivity index (χ0) is 14.7. The molecule has 0 fully saturated rings. The van der Waals surface area contributed by atoms with E-state index in [1.807, 2.05) is 0 Å². The fourth-order valence-electron chi connectivity index (χ4n) is 1.57. The Balaban J connectivity index is 2.16. The third-order valence-electron chi connectivity index (χ3n) is 2.63. The van der Waals surface area contributed by atoms with Crippen molar-refractivity contribution in [3.63, 3.8) is 0 Å². The summed E-state index contributed by atoms with van der Waals surface area (Å²) in [5, 5.41) is 9.56. The van der Waals surface area contributed by atoms with Crippen LogP contribution in [0.5, 0.6) is 0 Å². The summed E-state index contributed by atoms with van der Waals surface area (Å²) in [6.45, 7) is 2.19. The predicted molar refractivity (Wildman–Crippen MR) is 68.1 cm³/mol. The Bertz CT molecular complexity index is 641. The van der Waals surface area contributed by atoms with Crippen LogP contribution in [0, 0.1) is 18.6 Å². The molecule has 2 aromatic rings. The maximum atomic E-state index is 13.6. The average molecular weight is 281 g/mol. The van der Waals surface area contributed by atoms with Crippen molar-refractivity contribution >= 4 is 11.6 Å². The van der Waals surface area contributed by atoms with Crippen molar-refractivity contribution in [1.29, 1.82) is 0 Å². The SMILES string of the molecule is Cc1cc(F)c(NC(=O)c2cn(CCN)nn2)cc1F. The Morgan fingerprint density at radius 3 is 2.85 bits per heavy atom. The van der Waals surface area contributed by atoms with E-state index in [0.717, 1.165) is 12.1 Å². The summed E-state index contributed by atoms with van der Waals surface area (Å²) in [4.78, 5) is 11.8. The number of amides is 1. The zero-order valence-corrected chi connectivity index (χ0v) is 10.7. The summed E-state index contributed by atoms with van der Waals surface area (Å²) in [6.07, 6.45) is 1.38. The van der Waals surface area contributed by atoms with Gasteiger partial charge in [0, 0.05) is 12.6 Å². The van der Waals surface area contributed by atoms with Gasteiger partial charge in [-0.3, -0.25) is 9.48 Å². The Kier molecular flexibility index (Phi) is 4.04. The maximum absolute atomic E-state index is 13.6. The van der Waals surface area contributed by atoms with Crippen LogP contribution in [-0.2, 0) is 6.54 Å². The molecule has 1 amide bonds. The van der Waals surface area contributed by atoms with Gasteiger partial charge in [0.2, 0.25) is 0 Å². The molecule has 0 radical (unpaired) electrons. The van der Waals surface area contributed by atoms with E-state index in [9.17, 15) is 13.6 Å². The molecule has 0 spiro atoms. The van der Waals surface area contributed by atoms with E-state index in [0.29, 0.717) is 13.1 Å². The molecule has 1 heterocycles. The number of nitrogens with one attached hydrogen (secondary N) is 1. The summed E-state index contributed by atoms with van der Waals surface area (Å²) < 4.78 is 28.3. The smallest absolute Gasteiger partial charge is 0.277 e. The van der Waals surface area contributed by atoms with Gasteiger partial charge in [-0.1, -0.05) is 5.21 Å². The monoisotopic (exact) mass is 281 g/mol. The number of anilines is 1. The summed E-state index contributed by atoms with van der Waals surface area (Å²) >= 11 is 0. The highest BCUT2D eigenvalue weighted by Gasteiger charge is 2.14. The molecule has 0 aliphatic carbocycles. The van der Waals surface area contributed by atoms with Gasteiger partial charge in [-0.15, -0.1) is 5.10 Å². The van der Waals surface area contributed by atoms with Crippen LogP contribution >= 0.6 is 0 Å². The molecule has 0 aliphatic rings. The minimum absolute atomic E-state index is 0.00108. The number of benzene rings is 1. The second-order valence-corrected chi connectivity index (χ2v) is 4.19. The Hall–Kier alpha value is -2.35. The molecule has 0 saturated carbocycles. The van der Waals surface area contributed by atoms with Crippen LogP contribution < -0.4 is 11.1 Å². The number of carbonyl (C=O) groups excluding carboxylic acids is 1. The van der Waals surface area contributed by atoms with Crippen molar-refractivity contribution in [2.24, 2.45) is 5.73 Å². The lowest BCUT2D eigenvalue weighted by Crippen LogP contribution is -2.14. The summed E-state index contributed by atoms with van der Waals surface area (Å²) in [6, 6.07) is 1.93. The quantitative estimate of drug-likeness (QED) is 0.878. The van der Waals surface area contributed by atoms with Gasteiger partial charge in [0.05, 0.1) is 18.4 Å². The van der Waals surface area contributed by atoms with Gasteiger partial charge in [-0.2, -0.15) is 0 Å². The molecule has 0 saturated heterocycles. The highest BCUT2D eigenvalue weighted by molar-refractivity contribution is 6.02. The van der Waals surface area contributed by atoms with Gasteiger partial charge in [-0.25, -0.2) is 8.78 Å². The standard InChI is InChI=1S/C12H13F2N5O/c1-7-4-9(14)10(5-8(7)13)16-12(20)11-6-19(3-2-15)18-17-11/h4-6H,2-3,15H2,1H3,(H,16,20). The van der Waals surface area contributed by atoms with E-state index >= 15 is 0 Å². The first-order valence-electron chi connectivity index (χ1n) is 5.88. The fourth-order valence-corrected chi connectivity index (χ4v) is 1.57. The molecule has 20 heavy (non-hydrogen) atoms. The van der Waals surface area contributed by atoms with Crippen LogP contribution in [0.4, 0.5) is 14.5 Å². The average Bonchev–Trinajstić information content (AvgIpc) is 2.85. The Morgan fingerprint density at radius 1 is 1.40 bits per heavy atom. The van der Waals surface area contributed by atoms with Crippen LogP contribution in [0.1, 0.15) is 16.1 Å². The van der Waals surface area contributed by atoms with Gasteiger partial charge < -0.3 is 11.1 Å². The molecule has 1 aromatic heterocycles. The van der Waals surface area contributed by atoms with Crippen molar-refractivity contribution in [2.45, 2.75) is 13.5 Å². The van der Waals surface area contributed by atoms with Crippen molar-refractivity contribution in [1.82, 2.24) is 15.0 Å². The first-order chi connectivity index (χ1) is 9.51. The van der Waals surface area contributed by atoms with Crippen molar-refractivity contribution < 1.29 is 13.6 Å². The number of carbonyl (C=O) groups is 1. The van der Waals surface area contributed by atoms with E-state index in [1.165, 1.54) is 17.8 Å². The minimum Gasteiger partial charge on any atom is -0.329 e. The molecular formula is C12H13F2N5O. The third-order valence-corrected chi connectivity index (χ3v) is 2.63. The minimum atomic E-state index is -0.716. The number of nitrogens with zero attached hydrogens (tertiary/aromatic N) is 3. The molecule has 8 heteroatoms.